The molecule has 3 aromatic carbocycles. The average Bonchev–Trinajstić information content (AvgIpc) is 2.99. The molecular weight excluding hydrogens is 376 g/mol. The smallest absolute Gasteiger partial charge is 0.282 e. The highest BCUT2D eigenvalue weighted by Crippen LogP contribution is 2.38. The molecule has 1 aliphatic heterocycles. The quantitative estimate of drug-likeness (QED) is 0.602. The van der Waals surface area contributed by atoms with Crippen molar-refractivity contribution in [2.45, 2.75) is 20.0 Å². The van der Waals surface area contributed by atoms with Crippen LogP contribution in [0, 0.1) is 0 Å². The van der Waals surface area contributed by atoms with Crippen LogP contribution in [0.4, 0.5) is 11.4 Å². The van der Waals surface area contributed by atoms with Gasteiger partial charge >= 0.3 is 0 Å². The zero-order valence-electron chi connectivity index (χ0n) is 16.8. The highest BCUT2D eigenvalue weighted by molar-refractivity contribution is 6.46. The van der Waals surface area contributed by atoms with E-state index in [0.29, 0.717) is 22.6 Å². The first kappa shape index (κ1) is 19.5. The van der Waals surface area contributed by atoms with Crippen molar-refractivity contribution in [3.8, 4) is 5.75 Å². The number of nitrogens with zero attached hydrogens (tertiary/aromatic N) is 1. The van der Waals surface area contributed by atoms with Gasteiger partial charge in [0.2, 0.25) is 0 Å². The van der Waals surface area contributed by atoms with Gasteiger partial charge in [-0.15, -0.1) is 0 Å². The molecule has 0 atom stereocenters. The van der Waals surface area contributed by atoms with Crippen LogP contribution in [0.1, 0.15) is 19.4 Å². The van der Waals surface area contributed by atoms with Crippen molar-refractivity contribution < 1.29 is 14.3 Å². The summed E-state index contributed by atoms with van der Waals surface area (Å²) in [5.74, 6) is -0.311. The lowest BCUT2D eigenvalue weighted by Crippen LogP contribution is -2.33. The van der Waals surface area contributed by atoms with Crippen molar-refractivity contribution in [2.75, 3.05) is 10.2 Å². The Kier molecular flexibility index (Phi) is 5.35. The van der Waals surface area contributed by atoms with E-state index in [1.54, 1.807) is 18.2 Å². The molecule has 0 fully saturated rings. The number of ether oxygens (including phenoxy) is 1. The van der Waals surface area contributed by atoms with Crippen molar-refractivity contribution in [3.63, 3.8) is 0 Å². The number of imide groups is 1. The zero-order valence-corrected chi connectivity index (χ0v) is 16.8. The molecule has 5 nitrogen and oxygen atoms in total. The Morgan fingerprint density at radius 1 is 0.767 bits per heavy atom. The van der Waals surface area contributed by atoms with E-state index in [2.05, 4.69) is 5.32 Å². The normalized spacial score (nSPS) is 13.9. The Hall–Kier alpha value is -3.86. The molecule has 4 rings (SSSR count). The molecule has 0 saturated carbocycles. The largest absolute Gasteiger partial charge is 0.489 e. The van der Waals surface area contributed by atoms with E-state index in [-0.39, 0.29) is 17.7 Å². The van der Waals surface area contributed by atoms with Gasteiger partial charge in [0.1, 0.15) is 11.4 Å². The summed E-state index contributed by atoms with van der Waals surface area (Å²) in [7, 11) is 0. The van der Waals surface area contributed by atoms with E-state index in [4.69, 9.17) is 4.74 Å². The summed E-state index contributed by atoms with van der Waals surface area (Å²) in [6, 6.07) is 25.7. The summed E-state index contributed by atoms with van der Waals surface area (Å²) in [4.78, 5) is 28.2. The van der Waals surface area contributed by atoms with E-state index in [0.717, 1.165) is 5.69 Å². The van der Waals surface area contributed by atoms with Crippen molar-refractivity contribution in [2.24, 2.45) is 0 Å². The van der Waals surface area contributed by atoms with Crippen LogP contribution in [0.5, 0.6) is 5.75 Å². The summed E-state index contributed by atoms with van der Waals surface area (Å²) in [6.45, 7) is 3.81. The molecule has 2 amide bonds. The molecule has 1 N–H and O–H groups in total. The maximum absolute atomic E-state index is 13.5. The molecule has 0 radical (unpaired) electrons. The molecule has 0 saturated heterocycles. The number of carbonyl (C=O) groups is 2. The molecule has 30 heavy (non-hydrogen) atoms. The number of hydrogen-bond donors (Lipinski definition) is 1. The monoisotopic (exact) mass is 398 g/mol. The van der Waals surface area contributed by atoms with Crippen LogP contribution in [0.3, 0.4) is 0 Å². The fourth-order valence-electron chi connectivity index (χ4n) is 3.40. The number of anilines is 2. The van der Waals surface area contributed by atoms with Gasteiger partial charge in [-0.2, -0.15) is 0 Å². The minimum atomic E-state index is -0.414. The van der Waals surface area contributed by atoms with Crippen molar-refractivity contribution in [1.82, 2.24) is 0 Å². The van der Waals surface area contributed by atoms with Crippen LogP contribution in [0.25, 0.3) is 5.57 Å². The van der Waals surface area contributed by atoms with Gasteiger partial charge in [0, 0.05) is 5.69 Å². The number of nitrogens with one attached hydrogen (secondary N) is 1. The molecule has 0 aromatic heterocycles. The van der Waals surface area contributed by atoms with Crippen LogP contribution in [-0.2, 0) is 9.59 Å². The standard InChI is InChI=1S/C25H22N2O3/c1-17(2)30-21-16-10-9-15-20(21)27-24(28)22(18-11-5-3-6-12-18)23(25(27)29)26-19-13-7-4-8-14-19/h3-17,26H,1-2H3. The summed E-state index contributed by atoms with van der Waals surface area (Å²) < 4.78 is 5.86. The number of hydrogen-bond acceptors (Lipinski definition) is 4. The molecule has 1 heterocycles. The van der Waals surface area contributed by atoms with Crippen LogP contribution < -0.4 is 15.0 Å². The van der Waals surface area contributed by atoms with Crippen molar-refractivity contribution in [3.05, 3.63) is 96.2 Å². The van der Waals surface area contributed by atoms with Crippen molar-refractivity contribution >= 4 is 28.8 Å². The lowest BCUT2D eigenvalue weighted by molar-refractivity contribution is -0.120. The van der Waals surface area contributed by atoms with Crippen molar-refractivity contribution in [1.29, 1.82) is 0 Å². The Bertz CT molecular complexity index is 1110. The Morgan fingerprint density at radius 3 is 2.03 bits per heavy atom. The zero-order chi connectivity index (χ0) is 21.1. The van der Waals surface area contributed by atoms with E-state index >= 15 is 0 Å². The molecule has 1 aliphatic rings. The molecule has 150 valence electrons. The Morgan fingerprint density at radius 2 is 1.37 bits per heavy atom. The highest BCUT2D eigenvalue weighted by Gasteiger charge is 2.41. The number of benzene rings is 3. The Balaban J connectivity index is 1.81. The van der Waals surface area contributed by atoms with Gasteiger partial charge in [0.25, 0.3) is 11.8 Å². The lowest BCUT2D eigenvalue weighted by Gasteiger charge is -2.20. The first-order valence-electron chi connectivity index (χ1n) is 9.82. The average molecular weight is 398 g/mol. The minimum Gasteiger partial charge on any atom is -0.489 e. The maximum atomic E-state index is 13.5. The van der Waals surface area contributed by atoms with E-state index in [1.165, 1.54) is 4.90 Å². The topological polar surface area (TPSA) is 58.6 Å². The van der Waals surface area contributed by atoms with Crippen LogP contribution in [0.15, 0.2) is 90.6 Å². The van der Waals surface area contributed by atoms with Crippen LogP contribution in [-0.4, -0.2) is 17.9 Å². The Labute approximate surface area is 175 Å². The van der Waals surface area contributed by atoms with Gasteiger partial charge in [-0.25, -0.2) is 4.90 Å². The number of rotatable bonds is 6. The summed E-state index contributed by atoms with van der Waals surface area (Å²) in [6.07, 6.45) is -0.0950. The van der Waals surface area contributed by atoms with E-state index < -0.39 is 5.91 Å². The highest BCUT2D eigenvalue weighted by atomic mass is 16.5. The van der Waals surface area contributed by atoms with Crippen LogP contribution >= 0.6 is 0 Å². The fraction of sp³-hybridized carbons (Fsp3) is 0.120. The number of para-hydroxylation sites is 3. The van der Waals surface area contributed by atoms with Gasteiger partial charge in [-0.05, 0) is 43.7 Å². The van der Waals surface area contributed by atoms with Gasteiger partial charge in [-0.3, -0.25) is 9.59 Å². The molecule has 0 bridgehead atoms. The van der Waals surface area contributed by atoms with E-state index in [9.17, 15) is 9.59 Å². The first-order chi connectivity index (χ1) is 14.6. The van der Waals surface area contributed by atoms with Gasteiger partial charge in [-0.1, -0.05) is 60.7 Å². The maximum Gasteiger partial charge on any atom is 0.282 e. The first-order valence-corrected chi connectivity index (χ1v) is 9.82. The van der Waals surface area contributed by atoms with E-state index in [1.807, 2.05) is 80.6 Å². The second-order valence-electron chi connectivity index (χ2n) is 7.19. The third kappa shape index (κ3) is 3.70. The lowest BCUT2D eigenvalue weighted by atomic mass is 10.0. The SMILES string of the molecule is CC(C)Oc1ccccc1N1C(=O)C(Nc2ccccc2)=C(c2ccccc2)C1=O. The third-order valence-electron chi connectivity index (χ3n) is 4.66. The molecule has 0 spiro atoms. The second-order valence-corrected chi connectivity index (χ2v) is 7.19. The minimum absolute atomic E-state index is 0.0950. The van der Waals surface area contributed by atoms with Gasteiger partial charge < -0.3 is 10.1 Å². The summed E-state index contributed by atoms with van der Waals surface area (Å²) in [5.41, 5.74) is 2.43. The molecule has 0 aliphatic carbocycles. The number of amides is 2. The molecule has 3 aromatic rings. The summed E-state index contributed by atoms with van der Waals surface area (Å²) >= 11 is 0. The number of carbonyl (C=O) groups excluding carboxylic acids is 2. The predicted molar refractivity (Wildman–Crippen MR) is 118 cm³/mol. The third-order valence-corrected chi connectivity index (χ3v) is 4.66. The molecule has 5 heteroatoms. The molecular formula is C25H22N2O3. The molecule has 0 unspecified atom stereocenters. The van der Waals surface area contributed by atoms with Crippen LogP contribution in [0.2, 0.25) is 0 Å². The fourth-order valence-corrected chi connectivity index (χ4v) is 3.40. The van der Waals surface area contributed by atoms with Gasteiger partial charge in [0.05, 0.1) is 17.4 Å². The second kappa shape index (κ2) is 8.25. The summed E-state index contributed by atoms with van der Waals surface area (Å²) in [5, 5.41) is 3.16. The van der Waals surface area contributed by atoms with Gasteiger partial charge in [0.15, 0.2) is 0 Å². The predicted octanol–water partition coefficient (Wildman–Crippen LogP) is 4.87.